The zero-order chi connectivity index (χ0) is 14.0. The predicted octanol–water partition coefficient (Wildman–Crippen LogP) is 2.64. The average Bonchev–Trinajstić information content (AvgIpc) is 2.81. The molecule has 0 aliphatic carbocycles. The average molecular weight is 329 g/mol. The van der Waals surface area contributed by atoms with E-state index < -0.39 is 0 Å². The first-order valence-electron chi connectivity index (χ1n) is 6.38. The molecule has 5 heteroatoms. The van der Waals surface area contributed by atoms with Crippen molar-refractivity contribution in [3.63, 3.8) is 0 Å². The number of likely N-dealkylation sites (tertiary alicyclic amines) is 1. The number of benzene rings is 1. The first-order chi connectivity index (χ1) is 8.99. The van der Waals surface area contributed by atoms with Gasteiger partial charge in [0.2, 0.25) is 5.91 Å². The van der Waals surface area contributed by atoms with E-state index in [0.717, 1.165) is 24.9 Å². The van der Waals surface area contributed by atoms with Crippen LogP contribution in [0.2, 0.25) is 0 Å². The van der Waals surface area contributed by atoms with Gasteiger partial charge >= 0.3 is 0 Å². The summed E-state index contributed by atoms with van der Waals surface area (Å²) in [5.41, 5.74) is 1.02. The molecule has 0 saturated carbocycles. The maximum Gasteiger partial charge on any atom is 0.239 e. The summed E-state index contributed by atoms with van der Waals surface area (Å²) in [6.45, 7) is 1.60. The Morgan fingerprint density at radius 1 is 1.53 bits per heavy atom. The number of amides is 1. The number of likely N-dealkylation sites (N-methyl/N-ethyl adjacent to an activating group) is 1. The van der Waals surface area contributed by atoms with Gasteiger partial charge in [0.25, 0.3) is 0 Å². The van der Waals surface area contributed by atoms with Gasteiger partial charge < -0.3 is 4.90 Å². The number of carbonyl (C=O) groups excluding carboxylic acids is 1. The quantitative estimate of drug-likeness (QED) is 0.851. The molecule has 3 nitrogen and oxygen atoms in total. The first kappa shape index (κ1) is 14.5. The molecule has 1 atom stereocenters. The van der Waals surface area contributed by atoms with Crippen LogP contribution < -0.4 is 0 Å². The van der Waals surface area contributed by atoms with Crippen molar-refractivity contribution in [2.75, 3.05) is 20.6 Å². The van der Waals surface area contributed by atoms with Crippen LogP contribution in [0.1, 0.15) is 18.4 Å². The second kappa shape index (κ2) is 6.01. The second-order valence-corrected chi connectivity index (χ2v) is 5.96. The lowest BCUT2D eigenvalue weighted by molar-refractivity contribution is -0.133. The van der Waals surface area contributed by atoms with Gasteiger partial charge in [-0.25, -0.2) is 4.39 Å². The van der Waals surface area contributed by atoms with Gasteiger partial charge in [0, 0.05) is 20.6 Å². The molecule has 0 aromatic heterocycles. The van der Waals surface area contributed by atoms with Gasteiger partial charge in [0.05, 0.1) is 10.5 Å². The molecule has 19 heavy (non-hydrogen) atoms. The Hall–Kier alpha value is -0.940. The Balaban J connectivity index is 2.09. The lowest BCUT2D eigenvalue weighted by atomic mass is 10.1. The van der Waals surface area contributed by atoms with Crippen LogP contribution >= 0.6 is 15.9 Å². The van der Waals surface area contributed by atoms with E-state index in [9.17, 15) is 9.18 Å². The Bertz CT molecular complexity index is 479. The molecule has 1 unspecified atom stereocenters. The number of hydrogen-bond acceptors (Lipinski definition) is 2. The Kier molecular flexibility index (Phi) is 4.58. The molecule has 1 aliphatic rings. The summed E-state index contributed by atoms with van der Waals surface area (Å²) in [6.07, 6.45) is 1.94. The zero-order valence-electron chi connectivity index (χ0n) is 11.2. The molecule has 0 spiro atoms. The number of halogens is 2. The van der Waals surface area contributed by atoms with E-state index in [2.05, 4.69) is 20.8 Å². The van der Waals surface area contributed by atoms with E-state index >= 15 is 0 Å². The van der Waals surface area contributed by atoms with Gasteiger partial charge in [-0.05, 0) is 53.0 Å². The van der Waals surface area contributed by atoms with Gasteiger partial charge in [0.15, 0.2) is 0 Å². The molecule has 1 aliphatic heterocycles. The fraction of sp³-hybridized carbons (Fsp3) is 0.500. The van der Waals surface area contributed by atoms with E-state index in [0.29, 0.717) is 11.0 Å². The summed E-state index contributed by atoms with van der Waals surface area (Å²) < 4.78 is 13.7. The second-order valence-electron chi connectivity index (χ2n) is 5.11. The van der Waals surface area contributed by atoms with Crippen molar-refractivity contribution in [1.82, 2.24) is 9.80 Å². The third-order valence-electron chi connectivity index (χ3n) is 3.46. The van der Waals surface area contributed by atoms with Gasteiger partial charge in [-0.3, -0.25) is 9.69 Å². The molecule has 0 radical (unpaired) electrons. The van der Waals surface area contributed by atoms with E-state index in [4.69, 9.17) is 0 Å². The standard InChI is InChI=1S/C14H18BrFN2O/c1-17(2)14(19)13-4-3-7-18(13)9-10-5-6-12(16)11(15)8-10/h5-6,8,13H,3-4,7,9H2,1-2H3. The fourth-order valence-electron chi connectivity index (χ4n) is 2.47. The topological polar surface area (TPSA) is 23.6 Å². The highest BCUT2D eigenvalue weighted by molar-refractivity contribution is 9.10. The maximum absolute atomic E-state index is 13.2. The van der Waals surface area contributed by atoms with Crippen LogP contribution in [-0.2, 0) is 11.3 Å². The minimum absolute atomic E-state index is 0.0428. The first-order valence-corrected chi connectivity index (χ1v) is 7.17. The summed E-state index contributed by atoms with van der Waals surface area (Å²) >= 11 is 3.19. The van der Waals surface area contributed by atoms with Gasteiger partial charge in [-0.15, -0.1) is 0 Å². The molecule has 1 amide bonds. The largest absolute Gasteiger partial charge is 0.347 e. The lowest BCUT2D eigenvalue weighted by Gasteiger charge is -2.26. The minimum Gasteiger partial charge on any atom is -0.347 e. The highest BCUT2D eigenvalue weighted by Crippen LogP contribution is 2.23. The molecular formula is C14H18BrFN2O. The third-order valence-corrected chi connectivity index (χ3v) is 4.07. The van der Waals surface area contributed by atoms with Crippen LogP contribution in [0.3, 0.4) is 0 Å². The summed E-state index contributed by atoms with van der Waals surface area (Å²) in [5.74, 6) is -0.107. The summed E-state index contributed by atoms with van der Waals surface area (Å²) in [6, 6.07) is 4.97. The highest BCUT2D eigenvalue weighted by atomic mass is 79.9. The lowest BCUT2D eigenvalue weighted by Crippen LogP contribution is -2.42. The smallest absolute Gasteiger partial charge is 0.239 e. The number of nitrogens with zero attached hydrogens (tertiary/aromatic N) is 2. The van der Waals surface area contributed by atoms with Crippen LogP contribution in [0, 0.1) is 5.82 Å². The normalized spacial score (nSPS) is 19.7. The zero-order valence-corrected chi connectivity index (χ0v) is 12.8. The van der Waals surface area contributed by atoms with Crippen LogP contribution in [0.5, 0.6) is 0 Å². The third kappa shape index (κ3) is 3.34. The van der Waals surface area contributed by atoms with Gasteiger partial charge in [-0.1, -0.05) is 6.07 Å². The SMILES string of the molecule is CN(C)C(=O)C1CCCN1Cc1ccc(F)c(Br)c1. The van der Waals surface area contributed by atoms with Gasteiger partial charge in [0.1, 0.15) is 5.82 Å². The van der Waals surface area contributed by atoms with Crippen molar-refractivity contribution < 1.29 is 9.18 Å². The number of carbonyl (C=O) groups is 1. The van der Waals surface area contributed by atoms with Crippen molar-refractivity contribution >= 4 is 21.8 Å². The molecule has 0 N–H and O–H groups in total. The molecule has 1 aromatic carbocycles. The van der Waals surface area contributed by atoms with E-state index in [-0.39, 0.29) is 17.8 Å². The van der Waals surface area contributed by atoms with Crippen molar-refractivity contribution in [3.05, 3.63) is 34.1 Å². The molecule has 1 saturated heterocycles. The number of rotatable bonds is 3. The van der Waals surface area contributed by atoms with Crippen molar-refractivity contribution in [2.45, 2.75) is 25.4 Å². The highest BCUT2D eigenvalue weighted by Gasteiger charge is 2.31. The molecule has 1 heterocycles. The van der Waals surface area contributed by atoms with E-state index in [1.807, 2.05) is 0 Å². The molecular weight excluding hydrogens is 311 g/mol. The van der Waals surface area contributed by atoms with Crippen LogP contribution in [0.4, 0.5) is 4.39 Å². The Morgan fingerprint density at radius 2 is 2.26 bits per heavy atom. The molecule has 104 valence electrons. The molecule has 0 bridgehead atoms. The molecule has 2 rings (SSSR count). The molecule has 1 aromatic rings. The van der Waals surface area contributed by atoms with Crippen LogP contribution in [0.15, 0.2) is 22.7 Å². The summed E-state index contributed by atoms with van der Waals surface area (Å²) in [5, 5.41) is 0. The Morgan fingerprint density at radius 3 is 2.89 bits per heavy atom. The van der Waals surface area contributed by atoms with Crippen molar-refractivity contribution in [1.29, 1.82) is 0 Å². The monoisotopic (exact) mass is 328 g/mol. The summed E-state index contributed by atoms with van der Waals surface area (Å²) in [7, 11) is 3.57. The van der Waals surface area contributed by atoms with E-state index in [1.165, 1.54) is 6.07 Å². The maximum atomic E-state index is 13.2. The van der Waals surface area contributed by atoms with Gasteiger partial charge in [-0.2, -0.15) is 0 Å². The molecule has 1 fully saturated rings. The summed E-state index contributed by atoms with van der Waals surface area (Å²) in [4.78, 5) is 15.9. The fourth-order valence-corrected chi connectivity index (χ4v) is 2.89. The van der Waals surface area contributed by atoms with Crippen molar-refractivity contribution in [2.24, 2.45) is 0 Å². The van der Waals surface area contributed by atoms with E-state index in [1.54, 1.807) is 31.1 Å². The van der Waals surface area contributed by atoms with Crippen LogP contribution in [0.25, 0.3) is 0 Å². The van der Waals surface area contributed by atoms with Crippen LogP contribution in [-0.4, -0.2) is 42.4 Å². The predicted molar refractivity (Wildman–Crippen MR) is 76.2 cm³/mol. The number of hydrogen-bond donors (Lipinski definition) is 0. The Labute approximate surface area is 121 Å². The minimum atomic E-state index is -0.258. The van der Waals surface area contributed by atoms with Crippen molar-refractivity contribution in [3.8, 4) is 0 Å².